The summed E-state index contributed by atoms with van der Waals surface area (Å²) < 4.78 is 22.6. The number of carbonyl (C=O) groups is 1. The van der Waals surface area contributed by atoms with Crippen molar-refractivity contribution in [2.24, 2.45) is 0 Å². The van der Waals surface area contributed by atoms with E-state index in [2.05, 4.69) is 10.2 Å². The molecule has 0 aliphatic heterocycles. The Bertz CT molecular complexity index is 966. The normalized spacial score (nSPS) is 10.5. The summed E-state index contributed by atoms with van der Waals surface area (Å²) in [6.45, 7) is 0. The number of benzene rings is 2. The first kappa shape index (κ1) is 20.5. The van der Waals surface area contributed by atoms with Crippen LogP contribution in [0.15, 0.2) is 47.6 Å². The number of nitrogens with zero attached hydrogens (tertiary/aromatic N) is 3. The van der Waals surface area contributed by atoms with Gasteiger partial charge in [-0.15, -0.1) is 10.2 Å². The number of methoxy groups -OCH3 is 4. The molecule has 0 fully saturated rings. The second kappa shape index (κ2) is 9.33. The zero-order valence-electron chi connectivity index (χ0n) is 16.5. The van der Waals surface area contributed by atoms with Crippen molar-refractivity contribution in [2.75, 3.05) is 34.2 Å². The Labute approximate surface area is 172 Å². The number of thioether (sulfide) groups is 1. The SMILES string of the molecule is COC(=O)CSc1nnc(-c2cc(OC)cc(OC)c2)n1-c1ccc(OC)cc1. The zero-order chi connectivity index (χ0) is 20.8. The highest BCUT2D eigenvalue weighted by Gasteiger charge is 2.19. The van der Waals surface area contributed by atoms with Crippen molar-refractivity contribution < 1.29 is 23.7 Å². The third-order valence-corrected chi connectivity index (χ3v) is 5.02. The predicted molar refractivity (Wildman–Crippen MR) is 109 cm³/mol. The molecule has 0 aliphatic carbocycles. The summed E-state index contributed by atoms with van der Waals surface area (Å²) in [5.41, 5.74) is 1.58. The molecule has 3 aromatic rings. The molecule has 3 rings (SSSR count). The molecule has 9 heteroatoms. The molecule has 0 radical (unpaired) electrons. The van der Waals surface area contributed by atoms with Gasteiger partial charge in [-0.2, -0.15) is 0 Å². The van der Waals surface area contributed by atoms with Crippen LogP contribution in [0, 0.1) is 0 Å². The van der Waals surface area contributed by atoms with E-state index in [4.69, 9.17) is 18.9 Å². The van der Waals surface area contributed by atoms with Gasteiger partial charge in [0.25, 0.3) is 0 Å². The highest BCUT2D eigenvalue weighted by molar-refractivity contribution is 7.99. The van der Waals surface area contributed by atoms with Crippen molar-refractivity contribution in [3.63, 3.8) is 0 Å². The predicted octanol–water partition coefficient (Wildman–Crippen LogP) is 3.23. The van der Waals surface area contributed by atoms with Gasteiger partial charge in [-0.25, -0.2) is 0 Å². The average Bonchev–Trinajstić information content (AvgIpc) is 3.20. The standard InChI is InChI=1S/C20H21N3O5S/c1-25-15-7-5-14(6-8-15)23-19(21-22-20(23)29-12-18(24)28-4)13-9-16(26-2)11-17(10-13)27-3/h5-11H,12H2,1-4H3. The van der Waals surface area contributed by atoms with Crippen molar-refractivity contribution in [2.45, 2.75) is 5.16 Å². The number of carbonyl (C=O) groups excluding carboxylic acids is 1. The van der Waals surface area contributed by atoms with Gasteiger partial charge in [-0.05, 0) is 36.4 Å². The van der Waals surface area contributed by atoms with Crippen LogP contribution in [-0.2, 0) is 9.53 Å². The van der Waals surface area contributed by atoms with Crippen molar-refractivity contribution in [3.05, 3.63) is 42.5 Å². The van der Waals surface area contributed by atoms with Gasteiger partial charge in [0.05, 0.1) is 34.2 Å². The van der Waals surface area contributed by atoms with Crippen molar-refractivity contribution in [3.8, 4) is 34.3 Å². The summed E-state index contributed by atoms with van der Waals surface area (Å²) in [4.78, 5) is 11.6. The molecule has 2 aromatic carbocycles. The van der Waals surface area contributed by atoms with Gasteiger partial charge in [0.1, 0.15) is 17.2 Å². The van der Waals surface area contributed by atoms with Crippen LogP contribution in [0.1, 0.15) is 0 Å². The van der Waals surface area contributed by atoms with Crippen LogP contribution in [0.25, 0.3) is 17.1 Å². The number of hydrogen-bond acceptors (Lipinski definition) is 8. The number of esters is 1. The van der Waals surface area contributed by atoms with Gasteiger partial charge < -0.3 is 18.9 Å². The molecular weight excluding hydrogens is 394 g/mol. The Hall–Kier alpha value is -3.20. The Morgan fingerprint density at radius 2 is 1.52 bits per heavy atom. The molecule has 1 aromatic heterocycles. The van der Waals surface area contributed by atoms with Crippen LogP contribution >= 0.6 is 11.8 Å². The van der Waals surface area contributed by atoms with Gasteiger partial charge in [-0.3, -0.25) is 9.36 Å². The van der Waals surface area contributed by atoms with E-state index in [1.54, 1.807) is 27.4 Å². The first-order chi connectivity index (χ1) is 14.1. The van der Waals surface area contributed by atoms with E-state index in [9.17, 15) is 4.79 Å². The van der Waals surface area contributed by atoms with E-state index in [0.717, 1.165) is 17.0 Å². The summed E-state index contributed by atoms with van der Waals surface area (Å²) >= 11 is 1.24. The maximum atomic E-state index is 11.6. The third-order valence-electron chi connectivity index (χ3n) is 4.12. The zero-order valence-corrected chi connectivity index (χ0v) is 17.4. The molecule has 152 valence electrons. The fourth-order valence-electron chi connectivity index (χ4n) is 2.63. The van der Waals surface area contributed by atoms with E-state index in [1.165, 1.54) is 18.9 Å². The first-order valence-electron chi connectivity index (χ1n) is 8.62. The minimum absolute atomic E-state index is 0.117. The second-order valence-corrected chi connectivity index (χ2v) is 6.75. The van der Waals surface area contributed by atoms with Crippen molar-refractivity contribution in [1.82, 2.24) is 14.8 Å². The van der Waals surface area contributed by atoms with E-state index in [-0.39, 0.29) is 11.7 Å². The first-order valence-corrected chi connectivity index (χ1v) is 9.61. The molecular formula is C20H21N3O5S. The summed E-state index contributed by atoms with van der Waals surface area (Å²) in [5, 5.41) is 9.19. The molecule has 0 amide bonds. The van der Waals surface area contributed by atoms with Gasteiger partial charge in [0.2, 0.25) is 0 Å². The summed E-state index contributed by atoms with van der Waals surface area (Å²) in [7, 11) is 6.14. The number of ether oxygens (including phenoxy) is 4. The smallest absolute Gasteiger partial charge is 0.316 e. The Balaban J connectivity index is 2.11. The van der Waals surface area contributed by atoms with Crippen LogP contribution in [0.3, 0.4) is 0 Å². The minimum Gasteiger partial charge on any atom is -0.497 e. The van der Waals surface area contributed by atoms with Gasteiger partial charge in [0.15, 0.2) is 11.0 Å². The summed E-state index contributed by atoms with van der Waals surface area (Å²) in [6, 6.07) is 13.0. The second-order valence-electron chi connectivity index (χ2n) is 5.81. The highest BCUT2D eigenvalue weighted by atomic mass is 32.2. The molecule has 0 N–H and O–H groups in total. The number of hydrogen-bond donors (Lipinski definition) is 0. The average molecular weight is 415 g/mol. The van der Waals surface area contributed by atoms with Crippen LogP contribution < -0.4 is 14.2 Å². The van der Waals surface area contributed by atoms with Crippen molar-refractivity contribution >= 4 is 17.7 Å². The Morgan fingerprint density at radius 1 is 0.897 bits per heavy atom. The van der Waals surface area contributed by atoms with E-state index < -0.39 is 0 Å². The Kier molecular flexibility index (Phi) is 6.61. The quantitative estimate of drug-likeness (QED) is 0.410. The molecule has 0 unspecified atom stereocenters. The number of rotatable bonds is 8. The molecule has 0 saturated carbocycles. The minimum atomic E-state index is -0.344. The lowest BCUT2D eigenvalue weighted by atomic mass is 10.1. The molecule has 0 saturated heterocycles. The topological polar surface area (TPSA) is 84.7 Å². The maximum absolute atomic E-state index is 11.6. The number of aromatic nitrogens is 3. The van der Waals surface area contributed by atoms with Crippen LogP contribution in [0.2, 0.25) is 0 Å². The summed E-state index contributed by atoms with van der Waals surface area (Å²) in [6.07, 6.45) is 0. The molecule has 0 aliphatic rings. The fourth-order valence-corrected chi connectivity index (χ4v) is 3.42. The maximum Gasteiger partial charge on any atom is 0.316 e. The van der Waals surface area contributed by atoms with Gasteiger partial charge in [-0.1, -0.05) is 11.8 Å². The largest absolute Gasteiger partial charge is 0.497 e. The summed E-state index contributed by atoms with van der Waals surface area (Å²) in [5.74, 6) is 2.35. The van der Waals surface area contributed by atoms with E-state index in [1.807, 2.05) is 41.0 Å². The molecule has 1 heterocycles. The molecule has 8 nitrogen and oxygen atoms in total. The molecule has 0 spiro atoms. The molecule has 0 bridgehead atoms. The third kappa shape index (κ3) is 4.62. The van der Waals surface area contributed by atoms with Crippen LogP contribution in [0.4, 0.5) is 0 Å². The molecule has 0 atom stereocenters. The van der Waals surface area contributed by atoms with E-state index in [0.29, 0.717) is 22.5 Å². The van der Waals surface area contributed by atoms with Gasteiger partial charge >= 0.3 is 5.97 Å². The monoisotopic (exact) mass is 415 g/mol. The Morgan fingerprint density at radius 3 is 2.07 bits per heavy atom. The lowest BCUT2D eigenvalue weighted by Crippen LogP contribution is -2.05. The molecule has 29 heavy (non-hydrogen) atoms. The van der Waals surface area contributed by atoms with Crippen LogP contribution in [0.5, 0.6) is 17.2 Å². The van der Waals surface area contributed by atoms with E-state index >= 15 is 0 Å². The van der Waals surface area contributed by atoms with Crippen molar-refractivity contribution in [1.29, 1.82) is 0 Å². The lowest BCUT2D eigenvalue weighted by Gasteiger charge is -2.12. The highest BCUT2D eigenvalue weighted by Crippen LogP contribution is 2.33. The lowest BCUT2D eigenvalue weighted by molar-refractivity contribution is -0.137. The fraction of sp³-hybridized carbons (Fsp3) is 0.250. The van der Waals surface area contributed by atoms with Gasteiger partial charge in [0, 0.05) is 17.3 Å². The van der Waals surface area contributed by atoms with Crippen LogP contribution in [-0.4, -0.2) is 54.9 Å².